The molecule has 0 aliphatic heterocycles. The third kappa shape index (κ3) is 5.40. The molecule has 28 heavy (non-hydrogen) atoms. The smallest absolute Gasteiger partial charge is 0.338 e. The van der Waals surface area contributed by atoms with E-state index in [9.17, 15) is 14.4 Å². The van der Waals surface area contributed by atoms with Gasteiger partial charge in [0, 0.05) is 13.2 Å². The number of esters is 1. The highest BCUT2D eigenvalue weighted by Gasteiger charge is 2.25. The summed E-state index contributed by atoms with van der Waals surface area (Å²) in [7, 11) is 1.57. The molecule has 0 aromatic heterocycles. The van der Waals surface area contributed by atoms with E-state index in [1.807, 2.05) is 6.07 Å². The summed E-state index contributed by atoms with van der Waals surface area (Å²) in [5.41, 5.74) is 1.92. The van der Waals surface area contributed by atoms with Crippen molar-refractivity contribution in [2.75, 3.05) is 19.0 Å². The molecule has 0 radical (unpaired) electrons. The maximum atomic E-state index is 12.3. The molecular weight excluding hydrogens is 360 g/mol. The second-order valence-electron chi connectivity index (χ2n) is 6.55. The quantitative estimate of drug-likeness (QED) is 0.684. The number of carbonyl (C=O) groups excluding carboxylic acids is 3. The predicted octanol–water partition coefficient (Wildman–Crippen LogP) is 2.52. The van der Waals surface area contributed by atoms with Crippen molar-refractivity contribution in [1.82, 2.24) is 5.32 Å². The SMILES string of the molecule is COCc1cccc(C(=O)OCC(=O)Nc2ccccc2C(=O)NC2CC2)c1. The molecular formula is C21H22N2O5. The normalized spacial score (nSPS) is 12.9. The first-order chi connectivity index (χ1) is 13.6. The Labute approximate surface area is 163 Å². The van der Waals surface area contributed by atoms with E-state index in [2.05, 4.69) is 10.6 Å². The summed E-state index contributed by atoms with van der Waals surface area (Å²) in [6.07, 6.45) is 1.95. The number of amides is 2. The fourth-order valence-corrected chi connectivity index (χ4v) is 2.64. The molecule has 0 atom stereocenters. The van der Waals surface area contributed by atoms with Crippen LogP contribution in [0.1, 0.15) is 39.1 Å². The lowest BCUT2D eigenvalue weighted by molar-refractivity contribution is -0.119. The van der Waals surface area contributed by atoms with E-state index in [-0.39, 0.29) is 11.9 Å². The molecule has 7 heteroatoms. The van der Waals surface area contributed by atoms with Gasteiger partial charge in [0.25, 0.3) is 11.8 Å². The minimum atomic E-state index is -0.604. The van der Waals surface area contributed by atoms with Gasteiger partial charge in [0.1, 0.15) is 0 Å². The molecule has 7 nitrogen and oxygen atoms in total. The van der Waals surface area contributed by atoms with Crippen LogP contribution in [0.3, 0.4) is 0 Å². The highest BCUT2D eigenvalue weighted by molar-refractivity contribution is 6.04. The summed E-state index contributed by atoms with van der Waals surface area (Å²) in [4.78, 5) is 36.6. The zero-order valence-electron chi connectivity index (χ0n) is 15.6. The largest absolute Gasteiger partial charge is 0.452 e. The number of hydrogen-bond acceptors (Lipinski definition) is 5. The van der Waals surface area contributed by atoms with Crippen molar-refractivity contribution in [2.24, 2.45) is 0 Å². The fraction of sp³-hybridized carbons (Fsp3) is 0.286. The molecule has 1 saturated carbocycles. The maximum Gasteiger partial charge on any atom is 0.338 e. The topological polar surface area (TPSA) is 93.7 Å². The number of hydrogen-bond donors (Lipinski definition) is 2. The van der Waals surface area contributed by atoms with Crippen molar-refractivity contribution >= 4 is 23.5 Å². The molecule has 0 spiro atoms. The van der Waals surface area contributed by atoms with Crippen LogP contribution in [0.4, 0.5) is 5.69 Å². The number of benzene rings is 2. The van der Waals surface area contributed by atoms with Crippen LogP contribution in [-0.4, -0.2) is 37.5 Å². The molecule has 2 amide bonds. The van der Waals surface area contributed by atoms with E-state index in [1.165, 1.54) is 0 Å². The Morgan fingerprint density at radius 2 is 1.86 bits per heavy atom. The first-order valence-corrected chi connectivity index (χ1v) is 9.01. The molecule has 1 aliphatic rings. The zero-order valence-corrected chi connectivity index (χ0v) is 15.6. The summed E-state index contributed by atoms with van der Waals surface area (Å²) in [6.45, 7) is -0.0762. The Morgan fingerprint density at radius 3 is 2.61 bits per heavy atom. The lowest BCUT2D eigenvalue weighted by Crippen LogP contribution is -2.28. The number of carbonyl (C=O) groups is 3. The van der Waals surface area contributed by atoms with Gasteiger partial charge in [-0.15, -0.1) is 0 Å². The van der Waals surface area contributed by atoms with E-state index >= 15 is 0 Å². The van der Waals surface area contributed by atoms with Crippen LogP contribution < -0.4 is 10.6 Å². The first kappa shape index (κ1) is 19.6. The third-order valence-corrected chi connectivity index (χ3v) is 4.17. The van der Waals surface area contributed by atoms with Crippen molar-refractivity contribution in [2.45, 2.75) is 25.5 Å². The average Bonchev–Trinajstić information content (AvgIpc) is 3.51. The number of methoxy groups -OCH3 is 1. The number of rotatable bonds is 8. The molecule has 0 heterocycles. The van der Waals surface area contributed by atoms with Crippen molar-refractivity contribution in [3.8, 4) is 0 Å². The van der Waals surface area contributed by atoms with Crippen molar-refractivity contribution in [1.29, 1.82) is 0 Å². The summed E-state index contributed by atoms with van der Waals surface area (Å²) in [5.74, 6) is -1.36. The standard InChI is InChI=1S/C21H22N2O5/c1-27-12-14-5-4-6-15(11-14)21(26)28-13-19(24)23-18-8-3-2-7-17(18)20(25)22-16-9-10-16/h2-8,11,16H,9-10,12-13H2,1H3,(H,22,25)(H,23,24). The number of nitrogens with one attached hydrogen (secondary N) is 2. The Kier molecular flexibility index (Phi) is 6.39. The second kappa shape index (κ2) is 9.14. The summed E-state index contributed by atoms with van der Waals surface area (Å²) in [5, 5.41) is 5.51. The van der Waals surface area contributed by atoms with Crippen molar-refractivity contribution in [3.63, 3.8) is 0 Å². The van der Waals surface area contributed by atoms with E-state index < -0.39 is 18.5 Å². The molecule has 2 aromatic carbocycles. The van der Waals surface area contributed by atoms with Crippen LogP contribution in [0.5, 0.6) is 0 Å². The molecule has 3 rings (SSSR count). The van der Waals surface area contributed by atoms with Gasteiger partial charge in [0.05, 0.1) is 23.4 Å². The Morgan fingerprint density at radius 1 is 1.07 bits per heavy atom. The van der Waals surface area contributed by atoms with Gasteiger partial charge >= 0.3 is 5.97 Å². The van der Waals surface area contributed by atoms with Crippen molar-refractivity contribution < 1.29 is 23.9 Å². The Bertz CT molecular complexity index is 877. The van der Waals surface area contributed by atoms with Crippen LogP contribution in [0.2, 0.25) is 0 Å². The molecule has 1 aliphatic carbocycles. The van der Waals surface area contributed by atoms with Crippen molar-refractivity contribution in [3.05, 3.63) is 65.2 Å². The lowest BCUT2D eigenvalue weighted by Gasteiger charge is -2.11. The number of anilines is 1. The van der Waals surface area contributed by atoms with Gasteiger partial charge < -0.3 is 20.1 Å². The van der Waals surface area contributed by atoms with Gasteiger partial charge in [-0.1, -0.05) is 24.3 Å². The monoisotopic (exact) mass is 382 g/mol. The summed E-state index contributed by atoms with van der Waals surface area (Å²) in [6, 6.07) is 13.7. The fourth-order valence-electron chi connectivity index (χ4n) is 2.64. The van der Waals surface area contributed by atoms with Gasteiger partial charge in [0.2, 0.25) is 0 Å². The molecule has 0 saturated heterocycles. The second-order valence-corrected chi connectivity index (χ2v) is 6.55. The minimum Gasteiger partial charge on any atom is -0.452 e. The van der Waals surface area contributed by atoms with Crippen LogP contribution in [0.15, 0.2) is 48.5 Å². The van der Waals surface area contributed by atoms with Crippen LogP contribution in [0, 0.1) is 0 Å². The van der Waals surface area contributed by atoms with Crippen LogP contribution >= 0.6 is 0 Å². The van der Waals surface area contributed by atoms with E-state index in [0.717, 1.165) is 18.4 Å². The van der Waals surface area contributed by atoms with Crippen LogP contribution in [-0.2, 0) is 20.9 Å². The Balaban J connectivity index is 1.56. The van der Waals surface area contributed by atoms with Gasteiger partial charge in [-0.2, -0.15) is 0 Å². The summed E-state index contributed by atoms with van der Waals surface area (Å²) < 4.78 is 10.1. The van der Waals surface area contributed by atoms with Crippen LogP contribution in [0.25, 0.3) is 0 Å². The van der Waals surface area contributed by atoms with E-state index in [1.54, 1.807) is 49.6 Å². The molecule has 146 valence electrons. The highest BCUT2D eigenvalue weighted by atomic mass is 16.5. The number of ether oxygens (including phenoxy) is 2. The summed E-state index contributed by atoms with van der Waals surface area (Å²) >= 11 is 0. The van der Waals surface area contributed by atoms with Gasteiger partial charge in [-0.05, 0) is 42.7 Å². The maximum absolute atomic E-state index is 12.3. The Hall–Kier alpha value is -3.19. The van der Waals surface area contributed by atoms with E-state index in [4.69, 9.17) is 9.47 Å². The minimum absolute atomic E-state index is 0.214. The molecule has 2 N–H and O–H groups in total. The van der Waals surface area contributed by atoms with Gasteiger partial charge in [-0.25, -0.2) is 4.79 Å². The lowest BCUT2D eigenvalue weighted by atomic mass is 10.1. The molecule has 0 bridgehead atoms. The van der Waals surface area contributed by atoms with E-state index in [0.29, 0.717) is 23.4 Å². The average molecular weight is 382 g/mol. The van der Waals surface area contributed by atoms with Gasteiger partial charge in [-0.3, -0.25) is 9.59 Å². The molecule has 1 fully saturated rings. The molecule has 2 aromatic rings. The predicted molar refractivity (Wildman–Crippen MR) is 103 cm³/mol. The highest BCUT2D eigenvalue weighted by Crippen LogP contribution is 2.21. The van der Waals surface area contributed by atoms with Gasteiger partial charge in [0.15, 0.2) is 6.61 Å². The molecule has 0 unspecified atom stereocenters. The zero-order chi connectivity index (χ0) is 19.9. The first-order valence-electron chi connectivity index (χ1n) is 9.01. The third-order valence-electron chi connectivity index (χ3n) is 4.17. The number of para-hydroxylation sites is 1.